The van der Waals surface area contributed by atoms with E-state index < -0.39 is 6.10 Å². The molecular formula is C25H33N3O3. The minimum Gasteiger partial charge on any atom is -0.491 e. The van der Waals surface area contributed by atoms with E-state index in [2.05, 4.69) is 34.1 Å². The number of anilines is 1. The van der Waals surface area contributed by atoms with Crippen LogP contribution in [0.25, 0.3) is 5.57 Å². The summed E-state index contributed by atoms with van der Waals surface area (Å²) in [4.78, 5) is 18.4. The molecule has 1 N–H and O–H groups in total. The van der Waals surface area contributed by atoms with E-state index in [0.29, 0.717) is 17.9 Å². The van der Waals surface area contributed by atoms with E-state index in [1.54, 1.807) is 6.92 Å². The molecule has 3 rings (SSSR count). The van der Waals surface area contributed by atoms with Gasteiger partial charge in [-0.25, -0.2) is 0 Å². The Hall–Kier alpha value is -2.83. The van der Waals surface area contributed by atoms with Crippen molar-refractivity contribution in [3.63, 3.8) is 0 Å². The predicted octanol–water partition coefficient (Wildman–Crippen LogP) is 2.74. The Kier molecular flexibility index (Phi) is 8.09. The Labute approximate surface area is 185 Å². The molecule has 2 aromatic carbocycles. The third-order valence-corrected chi connectivity index (χ3v) is 5.34. The Bertz CT molecular complexity index is 857. The normalized spacial score (nSPS) is 16.1. The van der Waals surface area contributed by atoms with E-state index in [0.717, 1.165) is 31.7 Å². The molecule has 6 heteroatoms. The summed E-state index contributed by atoms with van der Waals surface area (Å²) in [6.45, 7) is 6.16. The fourth-order valence-corrected chi connectivity index (χ4v) is 3.73. The van der Waals surface area contributed by atoms with Crippen molar-refractivity contribution in [3.05, 3.63) is 66.4 Å². The second-order valence-corrected chi connectivity index (χ2v) is 8.17. The van der Waals surface area contributed by atoms with Crippen molar-refractivity contribution in [2.75, 3.05) is 58.3 Å². The van der Waals surface area contributed by atoms with Gasteiger partial charge in [-0.3, -0.25) is 9.69 Å². The van der Waals surface area contributed by atoms with Crippen molar-refractivity contribution in [2.24, 2.45) is 0 Å². The summed E-state index contributed by atoms with van der Waals surface area (Å²) in [5.74, 6) is 0.703. The van der Waals surface area contributed by atoms with Crippen molar-refractivity contribution in [3.8, 4) is 5.75 Å². The van der Waals surface area contributed by atoms with Crippen LogP contribution in [0.5, 0.6) is 5.75 Å². The van der Waals surface area contributed by atoms with Crippen LogP contribution in [0.3, 0.4) is 0 Å². The van der Waals surface area contributed by atoms with Gasteiger partial charge in [-0.1, -0.05) is 30.3 Å². The first-order chi connectivity index (χ1) is 14.9. The van der Waals surface area contributed by atoms with Crippen LogP contribution in [0.4, 0.5) is 5.69 Å². The third kappa shape index (κ3) is 6.84. The molecule has 0 bridgehead atoms. The van der Waals surface area contributed by atoms with Gasteiger partial charge in [0.15, 0.2) is 5.78 Å². The highest BCUT2D eigenvalue weighted by atomic mass is 16.5. The topological polar surface area (TPSA) is 56.3 Å². The lowest BCUT2D eigenvalue weighted by atomic mass is 10.0. The minimum absolute atomic E-state index is 0.0187. The molecule has 1 saturated heterocycles. The van der Waals surface area contributed by atoms with Gasteiger partial charge < -0.3 is 19.6 Å². The van der Waals surface area contributed by atoms with Crippen molar-refractivity contribution in [2.45, 2.75) is 13.0 Å². The summed E-state index contributed by atoms with van der Waals surface area (Å²) >= 11 is 0. The molecule has 1 aliphatic rings. The van der Waals surface area contributed by atoms with E-state index in [4.69, 9.17) is 4.74 Å². The van der Waals surface area contributed by atoms with Gasteiger partial charge in [-0.15, -0.1) is 0 Å². The van der Waals surface area contributed by atoms with Crippen molar-refractivity contribution in [1.82, 2.24) is 9.80 Å². The summed E-state index contributed by atoms with van der Waals surface area (Å²) in [6, 6.07) is 17.9. The van der Waals surface area contributed by atoms with Crippen LogP contribution >= 0.6 is 0 Å². The highest BCUT2D eigenvalue weighted by molar-refractivity contribution is 6.19. The van der Waals surface area contributed by atoms with E-state index in [1.165, 1.54) is 5.69 Å². The van der Waals surface area contributed by atoms with Crippen LogP contribution in [-0.4, -0.2) is 80.2 Å². The lowest BCUT2D eigenvalue weighted by molar-refractivity contribution is -0.111. The van der Waals surface area contributed by atoms with E-state index in [9.17, 15) is 9.90 Å². The maximum absolute atomic E-state index is 11.9. The Morgan fingerprint density at radius 3 is 2.29 bits per heavy atom. The van der Waals surface area contributed by atoms with Gasteiger partial charge in [0.1, 0.15) is 18.5 Å². The average Bonchev–Trinajstić information content (AvgIpc) is 2.77. The van der Waals surface area contributed by atoms with Crippen LogP contribution in [0.15, 0.2) is 60.8 Å². The molecule has 0 saturated carbocycles. The number of ketones is 1. The van der Waals surface area contributed by atoms with Crippen LogP contribution in [0, 0.1) is 0 Å². The fraction of sp³-hybridized carbons (Fsp3) is 0.400. The van der Waals surface area contributed by atoms with Gasteiger partial charge in [0.25, 0.3) is 0 Å². The van der Waals surface area contributed by atoms with Gasteiger partial charge in [0.05, 0.1) is 0 Å². The number of Topliss-reactive ketones (excluding diaryl/α,β-unsaturated/α-hetero) is 1. The molecule has 0 spiro atoms. The zero-order chi connectivity index (χ0) is 22.2. The minimum atomic E-state index is -0.552. The first kappa shape index (κ1) is 22.8. The molecule has 2 aromatic rings. The average molecular weight is 424 g/mol. The Balaban J connectivity index is 1.45. The van der Waals surface area contributed by atoms with E-state index in [-0.39, 0.29) is 12.4 Å². The zero-order valence-corrected chi connectivity index (χ0v) is 18.7. The molecule has 1 aliphatic heterocycles. The number of carbonyl (C=O) groups is 1. The van der Waals surface area contributed by atoms with Gasteiger partial charge in [0, 0.05) is 64.3 Å². The molecule has 0 radical (unpaired) electrons. The number of piperazine rings is 1. The molecule has 166 valence electrons. The van der Waals surface area contributed by atoms with Crippen LogP contribution < -0.4 is 9.64 Å². The number of ether oxygens (including phenoxy) is 1. The highest BCUT2D eigenvalue weighted by Gasteiger charge is 2.19. The smallest absolute Gasteiger partial charge is 0.161 e. The monoisotopic (exact) mass is 423 g/mol. The third-order valence-electron chi connectivity index (χ3n) is 5.34. The lowest BCUT2D eigenvalue weighted by Crippen LogP contribution is -2.49. The summed E-state index contributed by atoms with van der Waals surface area (Å²) in [6.07, 6.45) is 1.27. The second kappa shape index (κ2) is 11.0. The number of benzene rings is 2. The number of para-hydroxylation sites is 1. The number of allylic oxidation sites excluding steroid dienone is 1. The van der Waals surface area contributed by atoms with Crippen LogP contribution in [0.1, 0.15) is 12.5 Å². The van der Waals surface area contributed by atoms with E-state index >= 15 is 0 Å². The van der Waals surface area contributed by atoms with Crippen LogP contribution in [-0.2, 0) is 4.79 Å². The number of rotatable bonds is 9. The van der Waals surface area contributed by atoms with E-state index in [1.807, 2.05) is 55.5 Å². The van der Waals surface area contributed by atoms with Crippen LogP contribution in [0.2, 0.25) is 0 Å². The van der Waals surface area contributed by atoms with Gasteiger partial charge in [-0.2, -0.15) is 0 Å². The predicted molar refractivity (Wildman–Crippen MR) is 125 cm³/mol. The van der Waals surface area contributed by atoms with Gasteiger partial charge in [-0.05, 0) is 36.8 Å². The molecule has 0 aromatic heterocycles. The van der Waals surface area contributed by atoms with Crippen molar-refractivity contribution in [1.29, 1.82) is 0 Å². The SMILES string of the molecule is CC(=O)C(=CN(C)C)c1ccc(OCC(O)CN2CCN(c3ccccc3)CC2)cc1. The molecule has 31 heavy (non-hydrogen) atoms. The second-order valence-electron chi connectivity index (χ2n) is 8.17. The summed E-state index contributed by atoms with van der Waals surface area (Å²) in [7, 11) is 3.78. The number of aliphatic hydroxyl groups excluding tert-OH is 1. The Morgan fingerprint density at radius 2 is 1.71 bits per heavy atom. The maximum Gasteiger partial charge on any atom is 0.161 e. The maximum atomic E-state index is 11.9. The summed E-state index contributed by atoms with van der Waals surface area (Å²) < 4.78 is 5.77. The quantitative estimate of drug-likeness (QED) is 0.626. The first-order valence-electron chi connectivity index (χ1n) is 10.7. The first-order valence-corrected chi connectivity index (χ1v) is 10.7. The molecule has 1 atom stereocenters. The van der Waals surface area contributed by atoms with Gasteiger partial charge >= 0.3 is 0 Å². The number of β-amino-alcohol motifs (C(OH)–C–C–N with tert-alkyl or cyclic N) is 1. The molecular weight excluding hydrogens is 390 g/mol. The van der Waals surface area contributed by atoms with Crippen molar-refractivity contribution < 1.29 is 14.6 Å². The van der Waals surface area contributed by atoms with Crippen molar-refractivity contribution >= 4 is 17.0 Å². The number of carbonyl (C=O) groups excluding carboxylic acids is 1. The fourth-order valence-electron chi connectivity index (χ4n) is 3.73. The lowest BCUT2D eigenvalue weighted by Gasteiger charge is -2.36. The number of nitrogens with zero attached hydrogens (tertiary/aromatic N) is 3. The summed E-state index contributed by atoms with van der Waals surface area (Å²) in [5.41, 5.74) is 2.76. The molecule has 1 heterocycles. The standard InChI is InChI=1S/C25H33N3O3/c1-20(29)25(18-26(2)3)21-9-11-24(12-10-21)31-19-23(30)17-27-13-15-28(16-14-27)22-7-5-4-6-8-22/h4-12,18,23,30H,13-17,19H2,1-3H3. The molecule has 0 amide bonds. The molecule has 1 fully saturated rings. The highest BCUT2D eigenvalue weighted by Crippen LogP contribution is 2.20. The molecule has 6 nitrogen and oxygen atoms in total. The Morgan fingerprint density at radius 1 is 1.06 bits per heavy atom. The number of aliphatic hydroxyl groups is 1. The molecule has 0 aliphatic carbocycles. The number of hydrogen-bond donors (Lipinski definition) is 1. The zero-order valence-electron chi connectivity index (χ0n) is 18.7. The van der Waals surface area contributed by atoms with Gasteiger partial charge in [0.2, 0.25) is 0 Å². The number of hydrogen-bond acceptors (Lipinski definition) is 6. The molecule has 1 unspecified atom stereocenters. The summed E-state index contributed by atoms with van der Waals surface area (Å²) in [5, 5.41) is 10.4. The largest absolute Gasteiger partial charge is 0.491 e.